The highest BCUT2D eigenvalue weighted by molar-refractivity contribution is 7.50. The van der Waals surface area contributed by atoms with Crippen LogP contribution < -0.4 is 0 Å². The molecule has 0 aliphatic carbocycles. The first-order chi connectivity index (χ1) is 6.67. The van der Waals surface area contributed by atoms with E-state index in [4.69, 9.17) is 4.74 Å². The van der Waals surface area contributed by atoms with Gasteiger partial charge in [0.05, 0.1) is 0 Å². The summed E-state index contributed by atoms with van der Waals surface area (Å²) in [6, 6.07) is 0. The Balaban J connectivity index is 2.36. The largest absolute Gasteiger partial charge is 0.478 e. The fourth-order valence-corrected chi connectivity index (χ4v) is 1.58. The molecule has 1 heterocycles. The summed E-state index contributed by atoms with van der Waals surface area (Å²) in [7, 11) is 0. The van der Waals surface area contributed by atoms with Crippen molar-refractivity contribution in [1.29, 1.82) is 0 Å². The first kappa shape index (κ1) is 11.4. The molecule has 14 heavy (non-hydrogen) atoms. The monoisotopic (exact) mass is 216 g/mol. The maximum atomic E-state index is 11.3. The van der Waals surface area contributed by atoms with E-state index in [9.17, 15) is 4.79 Å². The fourth-order valence-electron chi connectivity index (χ4n) is 1.48. The highest BCUT2D eigenvalue weighted by Gasteiger charge is 2.41. The maximum Gasteiger partial charge on any atom is 0.478 e. The molecule has 1 rings (SSSR count). The van der Waals surface area contributed by atoms with Gasteiger partial charge < -0.3 is 16.8 Å². The average molecular weight is 216 g/mol. The van der Waals surface area contributed by atoms with Crippen molar-refractivity contribution in [3.63, 3.8) is 0 Å². The Morgan fingerprint density at radius 2 is 2.43 bits per heavy atom. The summed E-state index contributed by atoms with van der Waals surface area (Å²) in [5.41, 5.74) is 0. The smallest absolute Gasteiger partial charge is 0.434 e. The molecule has 1 fully saturated rings. The number of hydrogen-bond donors (Lipinski definition) is 0. The van der Waals surface area contributed by atoms with Gasteiger partial charge in [0.2, 0.25) is 0 Å². The lowest BCUT2D eigenvalue weighted by Crippen LogP contribution is -2.08. The van der Waals surface area contributed by atoms with Crippen LogP contribution in [0.15, 0.2) is 0 Å². The highest BCUT2D eigenvalue weighted by atomic mass is 32.1. The highest BCUT2D eigenvalue weighted by Crippen LogP contribution is 2.24. The van der Waals surface area contributed by atoms with E-state index in [1.54, 1.807) is 0 Å². The van der Waals surface area contributed by atoms with Crippen LogP contribution in [0.5, 0.6) is 0 Å². The second-order valence-corrected chi connectivity index (χ2v) is 4.03. The molecule has 0 radical (unpaired) electrons. The first-order valence-corrected chi connectivity index (χ1v) is 5.38. The van der Waals surface area contributed by atoms with Gasteiger partial charge in [-0.3, -0.25) is 0 Å². The number of carbonyl (C=O) groups is 1. The zero-order valence-electron chi connectivity index (χ0n) is 8.62. The minimum absolute atomic E-state index is 0.0399. The quantitative estimate of drug-likeness (QED) is 0.312. The van der Waals surface area contributed by atoms with E-state index < -0.39 is 0 Å². The number of ether oxygens (including phenoxy) is 1. The molecule has 1 aliphatic rings. The van der Waals surface area contributed by atoms with E-state index >= 15 is 0 Å². The minimum atomic E-state index is -0.187. The molecule has 0 saturated carbocycles. The predicted molar refractivity (Wildman–Crippen MR) is 55.3 cm³/mol. The molecule has 0 aromatic heterocycles. The van der Waals surface area contributed by atoms with Gasteiger partial charge in [-0.05, 0) is 18.8 Å². The van der Waals surface area contributed by atoms with E-state index in [1.807, 2.05) is 0 Å². The van der Waals surface area contributed by atoms with Gasteiger partial charge in [0, 0.05) is 0 Å². The Morgan fingerprint density at radius 1 is 1.71 bits per heavy atom. The van der Waals surface area contributed by atoms with Crippen LogP contribution >= 0.6 is 0 Å². The van der Waals surface area contributed by atoms with Crippen molar-refractivity contribution in [3.8, 4) is 0 Å². The Bertz CT molecular complexity index is 238. The van der Waals surface area contributed by atoms with E-state index in [0.717, 1.165) is 19.3 Å². The van der Waals surface area contributed by atoms with Crippen LogP contribution in [0, 0.1) is 11.8 Å². The third-order valence-electron chi connectivity index (χ3n) is 2.76. The van der Waals surface area contributed by atoms with Crippen molar-refractivity contribution in [3.05, 3.63) is 0 Å². The zero-order chi connectivity index (χ0) is 10.6. The van der Waals surface area contributed by atoms with Crippen LogP contribution in [0.25, 0.3) is 0 Å². The maximum absolute atomic E-state index is 11.3. The van der Waals surface area contributed by atoms with E-state index in [1.165, 1.54) is 0 Å². The Hall–Kier alpha value is -0.640. The van der Waals surface area contributed by atoms with Crippen LogP contribution in [-0.4, -0.2) is 11.9 Å². The molecule has 0 spiro atoms. The molecule has 0 aromatic carbocycles. The normalized spacial score (nSPS) is 26.6. The Kier molecular flexibility index (Phi) is 4.32. The Morgan fingerprint density at radius 3 is 2.93 bits per heavy atom. The van der Waals surface area contributed by atoms with Crippen molar-refractivity contribution in [2.45, 2.75) is 39.5 Å². The number of rotatable bonds is 4. The first-order valence-electron chi connectivity index (χ1n) is 5.04. The SMILES string of the molecule is CCC(C)CCC1CC(=[O+][S-])OC1=O. The van der Waals surface area contributed by atoms with Gasteiger partial charge in [-0.1, -0.05) is 20.3 Å². The van der Waals surface area contributed by atoms with Gasteiger partial charge in [0.25, 0.3) is 0 Å². The van der Waals surface area contributed by atoms with Crippen LogP contribution in [0.3, 0.4) is 0 Å². The molecule has 0 amide bonds. The van der Waals surface area contributed by atoms with Crippen LogP contribution in [0.2, 0.25) is 0 Å². The second kappa shape index (κ2) is 5.29. The molecule has 0 bridgehead atoms. The molecular weight excluding hydrogens is 200 g/mol. The molecule has 1 aliphatic heterocycles. The molecule has 0 aromatic rings. The lowest BCUT2D eigenvalue weighted by molar-refractivity contribution is -0.258. The minimum Gasteiger partial charge on any atom is -0.434 e. The van der Waals surface area contributed by atoms with Crippen molar-refractivity contribution in [1.82, 2.24) is 0 Å². The summed E-state index contributed by atoms with van der Waals surface area (Å²) in [6.07, 6.45) is 3.62. The van der Waals surface area contributed by atoms with E-state index in [0.29, 0.717) is 18.3 Å². The van der Waals surface area contributed by atoms with Crippen molar-refractivity contribution in [2.75, 3.05) is 0 Å². The summed E-state index contributed by atoms with van der Waals surface area (Å²) >= 11 is 4.36. The molecular formula is C10H16O3S. The lowest BCUT2D eigenvalue weighted by atomic mass is 9.94. The summed E-state index contributed by atoms with van der Waals surface area (Å²) in [5.74, 6) is 0.727. The van der Waals surface area contributed by atoms with Gasteiger partial charge in [-0.15, -0.1) is 0 Å². The molecule has 2 unspecified atom stereocenters. The number of cyclic esters (lactones) is 2. The Labute approximate surface area is 90.1 Å². The van der Waals surface area contributed by atoms with Gasteiger partial charge in [-0.2, -0.15) is 0 Å². The van der Waals surface area contributed by atoms with Crippen LogP contribution in [0.4, 0.5) is 0 Å². The molecule has 2 atom stereocenters. The standard InChI is InChI=1S/C10H16O3S/c1-3-7(2)4-5-8-6-9(13-14)12-10(8)11/h7-8H,3-6H2,1-2H3. The predicted octanol–water partition coefficient (Wildman–Crippen LogP) is 1.90. The third kappa shape index (κ3) is 2.94. The molecule has 1 saturated heterocycles. The molecule has 4 heteroatoms. The van der Waals surface area contributed by atoms with E-state index in [2.05, 4.69) is 30.6 Å². The van der Waals surface area contributed by atoms with Gasteiger partial charge >= 0.3 is 11.9 Å². The summed E-state index contributed by atoms with van der Waals surface area (Å²) in [6.45, 7) is 4.34. The molecule has 3 nitrogen and oxygen atoms in total. The topological polar surface area (TPSA) is 37.6 Å². The second-order valence-electron chi connectivity index (χ2n) is 3.87. The third-order valence-corrected chi connectivity index (χ3v) is 2.94. The summed E-state index contributed by atoms with van der Waals surface area (Å²) in [5, 5.41) is 0. The number of carbonyl (C=O) groups excluding carboxylic acids is 2. The summed E-state index contributed by atoms with van der Waals surface area (Å²) in [4.78, 5) is 11.3. The van der Waals surface area contributed by atoms with Crippen molar-refractivity contribution in [2.24, 2.45) is 11.8 Å². The average Bonchev–Trinajstić information content (AvgIpc) is 2.55. The van der Waals surface area contributed by atoms with Gasteiger partial charge in [0.15, 0.2) is 0 Å². The number of hydrogen-bond acceptors (Lipinski definition) is 3. The fraction of sp³-hybridized carbons (Fsp3) is 0.800. The van der Waals surface area contributed by atoms with Gasteiger partial charge in [-0.25, -0.2) is 9.53 Å². The molecule has 0 N–H and O–H groups in total. The molecule has 80 valence electrons. The lowest BCUT2D eigenvalue weighted by Gasteiger charge is -2.07. The van der Waals surface area contributed by atoms with Crippen LogP contribution in [0.1, 0.15) is 39.5 Å². The van der Waals surface area contributed by atoms with E-state index in [-0.39, 0.29) is 11.9 Å². The van der Waals surface area contributed by atoms with Crippen molar-refractivity contribution >= 4 is 24.8 Å². The van der Waals surface area contributed by atoms with Crippen molar-refractivity contribution < 1.29 is 13.4 Å². The zero-order valence-corrected chi connectivity index (χ0v) is 9.43. The van der Waals surface area contributed by atoms with Crippen LogP contribution in [-0.2, 0) is 26.3 Å². The number of esters is 2. The summed E-state index contributed by atoms with van der Waals surface area (Å²) < 4.78 is 9.34. The van der Waals surface area contributed by atoms with Gasteiger partial charge in [0.1, 0.15) is 12.3 Å².